The third-order valence-electron chi connectivity index (χ3n) is 5.71. The summed E-state index contributed by atoms with van der Waals surface area (Å²) in [5, 5.41) is 0.193. The molecule has 3 aromatic carbocycles. The minimum atomic E-state index is -3.45. The Balaban J connectivity index is 1.47. The van der Waals surface area contributed by atoms with Crippen LogP contribution in [0.1, 0.15) is 27.5 Å². The van der Waals surface area contributed by atoms with Crippen LogP contribution in [0.15, 0.2) is 78.9 Å². The van der Waals surface area contributed by atoms with Crippen molar-refractivity contribution in [3.8, 4) is 0 Å². The van der Waals surface area contributed by atoms with E-state index in [1.807, 2.05) is 17.0 Å². The quantitative estimate of drug-likeness (QED) is 0.568. The van der Waals surface area contributed by atoms with Crippen LogP contribution in [0.25, 0.3) is 0 Å². The minimum Gasteiger partial charge on any atom is -0.336 e. The van der Waals surface area contributed by atoms with Gasteiger partial charge in [0.25, 0.3) is 5.91 Å². The average Bonchev–Trinajstić information content (AvgIpc) is 2.81. The minimum absolute atomic E-state index is 0.113. The molecule has 0 aliphatic carbocycles. The van der Waals surface area contributed by atoms with Gasteiger partial charge < -0.3 is 4.90 Å². The molecule has 1 aliphatic heterocycles. The third-order valence-corrected chi connectivity index (χ3v) is 6.61. The molecule has 0 bridgehead atoms. The lowest BCUT2D eigenvalue weighted by Gasteiger charge is -2.39. The molecule has 3 aromatic rings. The van der Waals surface area contributed by atoms with Crippen LogP contribution in [-0.2, 0) is 10.0 Å². The molecule has 1 amide bonds. The lowest BCUT2D eigenvalue weighted by molar-refractivity contribution is 0.0597. The van der Waals surface area contributed by atoms with E-state index in [9.17, 15) is 13.2 Å². The molecule has 4 rings (SSSR count). The molecule has 0 radical (unpaired) electrons. The van der Waals surface area contributed by atoms with Gasteiger partial charge in [0, 0.05) is 31.7 Å². The highest BCUT2D eigenvalue weighted by atomic mass is 35.5. The van der Waals surface area contributed by atoms with E-state index in [0.717, 1.165) is 19.3 Å². The van der Waals surface area contributed by atoms with Crippen LogP contribution >= 0.6 is 11.6 Å². The Morgan fingerprint density at radius 1 is 0.879 bits per heavy atom. The van der Waals surface area contributed by atoms with Crippen molar-refractivity contribution in [1.29, 1.82) is 0 Å². The van der Waals surface area contributed by atoms with Gasteiger partial charge in [0.1, 0.15) is 0 Å². The first-order chi connectivity index (χ1) is 15.8. The number of nitrogens with zero attached hydrogens (tertiary/aromatic N) is 2. The second kappa shape index (κ2) is 9.95. The normalized spacial score (nSPS) is 14.9. The summed E-state index contributed by atoms with van der Waals surface area (Å²) in [6.07, 6.45) is 1.06. The number of carbonyl (C=O) groups excluding carboxylic acids is 1. The number of halogens is 1. The van der Waals surface area contributed by atoms with Crippen molar-refractivity contribution < 1.29 is 13.2 Å². The van der Waals surface area contributed by atoms with Gasteiger partial charge >= 0.3 is 0 Å². The van der Waals surface area contributed by atoms with E-state index in [2.05, 4.69) is 58.2 Å². The second-order valence-electron chi connectivity index (χ2n) is 8.12. The number of anilines is 1. The Labute approximate surface area is 199 Å². The van der Waals surface area contributed by atoms with Crippen molar-refractivity contribution in [1.82, 2.24) is 9.80 Å². The summed E-state index contributed by atoms with van der Waals surface area (Å²) < 4.78 is 25.3. The Hall–Kier alpha value is -2.87. The summed E-state index contributed by atoms with van der Waals surface area (Å²) >= 11 is 6.21. The zero-order chi connectivity index (χ0) is 23.4. The van der Waals surface area contributed by atoms with Crippen molar-refractivity contribution in [3.05, 3.63) is 101 Å². The first-order valence-electron chi connectivity index (χ1n) is 10.7. The number of rotatable bonds is 6. The molecule has 0 saturated carbocycles. The van der Waals surface area contributed by atoms with Gasteiger partial charge in [-0.1, -0.05) is 72.3 Å². The molecule has 33 heavy (non-hydrogen) atoms. The molecule has 1 saturated heterocycles. The second-order valence-corrected chi connectivity index (χ2v) is 10.3. The number of sulfonamides is 1. The lowest BCUT2D eigenvalue weighted by Crippen LogP contribution is -2.49. The summed E-state index contributed by atoms with van der Waals surface area (Å²) in [5.41, 5.74) is 3.15. The van der Waals surface area contributed by atoms with E-state index < -0.39 is 10.0 Å². The van der Waals surface area contributed by atoms with Gasteiger partial charge in [0.15, 0.2) is 0 Å². The fourth-order valence-corrected chi connectivity index (χ4v) is 5.04. The molecular weight excluding hydrogens is 458 g/mol. The summed E-state index contributed by atoms with van der Waals surface area (Å²) in [5.74, 6) is -0.113. The third kappa shape index (κ3) is 5.74. The van der Waals surface area contributed by atoms with Gasteiger partial charge in [-0.25, -0.2) is 8.42 Å². The molecule has 1 aliphatic rings. The van der Waals surface area contributed by atoms with E-state index in [1.165, 1.54) is 23.3 Å². The number of nitrogens with one attached hydrogen (secondary N) is 1. The Bertz CT molecular complexity index is 1170. The van der Waals surface area contributed by atoms with Crippen molar-refractivity contribution in [3.63, 3.8) is 0 Å². The predicted octanol–water partition coefficient (Wildman–Crippen LogP) is 4.26. The highest BCUT2D eigenvalue weighted by Crippen LogP contribution is 2.30. The van der Waals surface area contributed by atoms with E-state index in [4.69, 9.17) is 11.6 Å². The topological polar surface area (TPSA) is 69.7 Å². The van der Waals surface area contributed by atoms with Crippen LogP contribution in [-0.4, -0.2) is 56.6 Å². The van der Waals surface area contributed by atoms with E-state index in [0.29, 0.717) is 18.7 Å². The number of piperazine rings is 1. The van der Waals surface area contributed by atoms with Crippen molar-refractivity contribution >= 4 is 33.2 Å². The van der Waals surface area contributed by atoms with Gasteiger partial charge in [-0.15, -0.1) is 0 Å². The molecule has 0 unspecified atom stereocenters. The van der Waals surface area contributed by atoms with E-state index >= 15 is 0 Å². The monoisotopic (exact) mass is 483 g/mol. The molecule has 6 nitrogen and oxygen atoms in total. The number of carbonyl (C=O) groups is 1. The molecule has 1 N–H and O–H groups in total. The number of hydrogen-bond donors (Lipinski definition) is 1. The Morgan fingerprint density at radius 3 is 1.91 bits per heavy atom. The first kappa shape index (κ1) is 23.3. The highest BCUT2D eigenvalue weighted by Gasteiger charge is 2.28. The highest BCUT2D eigenvalue weighted by molar-refractivity contribution is 7.92. The fourth-order valence-electron chi connectivity index (χ4n) is 4.18. The van der Waals surface area contributed by atoms with Crippen molar-refractivity contribution in [2.45, 2.75) is 6.04 Å². The van der Waals surface area contributed by atoms with Gasteiger partial charge in [0.05, 0.1) is 23.0 Å². The van der Waals surface area contributed by atoms with Crippen LogP contribution in [0.3, 0.4) is 0 Å². The molecule has 1 fully saturated rings. The van der Waals surface area contributed by atoms with Gasteiger partial charge in [-0.2, -0.15) is 0 Å². The lowest BCUT2D eigenvalue weighted by atomic mass is 9.96. The van der Waals surface area contributed by atoms with Gasteiger partial charge in [0.2, 0.25) is 10.0 Å². The predicted molar refractivity (Wildman–Crippen MR) is 132 cm³/mol. The number of benzene rings is 3. The average molecular weight is 484 g/mol. The maximum atomic E-state index is 13.1. The zero-order valence-electron chi connectivity index (χ0n) is 18.3. The maximum absolute atomic E-state index is 13.1. The number of hydrogen-bond acceptors (Lipinski definition) is 4. The first-order valence-corrected chi connectivity index (χ1v) is 13.0. The van der Waals surface area contributed by atoms with Crippen LogP contribution in [0.4, 0.5) is 5.69 Å². The zero-order valence-corrected chi connectivity index (χ0v) is 19.9. The summed E-state index contributed by atoms with van der Waals surface area (Å²) in [6, 6.07) is 25.6. The van der Waals surface area contributed by atoms with Crippen molar-refractivity contribution in [2.75, 3.05) is 37.2 Å². The number of amides is 1. The van der Waals surface area contributed by atoms with E-state index in [1.54, 1.807) is 6.07 Å². The fraction of sp³-hybridized carbons (Fsp3) is 0.240. The Morgan fingerprint density at radius 2 is 1.42 bits per heavy atom. The molecule has 172 valence electrons. The molecule has 0 atom stereocenters. The van der Waals surface area contributed by atoms with Crippen LogP contribution < -0.4 is 4.72 Å². The summed E-state index contributed by atoms with van der Waals surface area (Å²) in [7, 11) is -3.45. The molecular formula is C25H26ClN3O3S. The Kier molecular flexibility index (Phi) is 7.02. The molecule has 0 aromatic heterocycles. The van der Waals surface area contributed by atoms with E-state index in [-0.39, 0.29) is 22.7 Å². The molecule has 1 heterocycles. The maximum Gasteiger partial charge on any atom is 0.253 e. The summed E-state index contributed by atoms with van der Waals surface area (Å²) in [6.45, 7) is 2.66. The molecule has 8 heteroatoms. The van der Waals surface area contributed by atoms with Crippen LogP contribution in [0, 0.1) is 0 Å². The standard InChI is InChI=1S/C25H26ClN3O3S/c1-33(31,32)27-23-13-12-21(18-22(23)26)25(30)29-16-14-28(15-17-29)24(19-8-4-2-5-9-19)20-10-6-3-7-11-20/h2-13,18,24,27H,14-17H2,1H3. The molecule has 0 spiro atoms. The van der Waals surface area contributed by atoms with Gasteiger partial charge in [-0.3, -0.25) is 14.4 Å². The van der Waals surface area contributed by atoms with Crippen LogP contribution in [0.2, 0.25) is 5.02 Å². The van der Waals surface area contributed by atoms with Crippen molar-refractivity contribution in [2.24, 2.45) is 0 Å². The largest absolute Gasteiger partial charge is 0.336 e. The van der Waals surface area contributed by atoms with Gasteiger partial charge in [-0.05, 0) is 29.3 Å². The van der Waals surface area contributed by atoms with Crippen LogP contribution in [0.5, 0.6) is 0 Å². The SMILES string of the molecule is CS(=O)(=O)Nc1ccc(C(=O)N2CCN(C(c3ccccc3)c3ccccc3)CC2)cc1Cl. The summed E-state index contributed by atoms with van der Waals surface area (Å²) in [4.78, 5) is 17.3. The smallest absolute Gasteiger partial charge is 0.253 e.